The normalized spacial score (nSPS) is 14.4. The molecule has 0 unspecified atom stereocenters. The second-order valence-electron chi connectivity index (χ2n) is 2.82. The van der Waals surface area contributed by atoms with E-state index < -0.39 is 0 Å². The van der Waals surface area contributed by atoms with Crippen molar-refractivity contribution in [2.45, 2.75) is 19.8 Å². The number of aryl methyl sites for hydroxylation is 1. The number of allylic oxidation sites excluding steroid dienone is 1. The average Bonchev–Trinajstić information content (AvgIpc) is 2.46. The summed E-state index contributed by atoms with van der Waals surface area (Å²) in [7, 11) is 0. The van der Waals surface area contributed by atoms with E-state index >= 15 is 0 Å². The highest BCUT2D eigenvalue weighted by Gasteiger charge is 2.13. The van der Waals surface area contributed by atoms with E-state index in [-0.39, 0.29) is 5.78 Å². The molecule has 0 aliphatic heterocycles. The van der Waals surface area contributed by atoms with Gasteiger partial charge < -0.3 is 0 Å². The molecule has 0 aromatic carbocycles. The molecule has 62 valence electrons. The zero-order valence-electron chi connectivity index (χ0n) is 6.83. The first-order chi connectivity index (χ1) is 5.77. The van der Waals surface area contributed by atoms with Crippen LogP contribution in [-0.2, 0) is 6.42 Å². The molecule has 1 aliphatic carbocycles. The quantitative estimate of drug-likeness (QED) is 0.619. The van der Waals surface area contributed by atoms with Crippen LogP contribution in [0.25, 0.3) is 6.08 Å². The van der Waals surface area contributed by atoms with Gasteiger partial charge in [-0.15, -0.1) is 11.3 Å². The third-order valence-electron chi connectivity index (χ3n) is 1.84. The van der Waals surface area contributed by atoms with Crippen molar-refractivity contribution < 1.29 is 4.79 Å². The van der Waals surface area contributed by atoms with Gasteiger partial charge in [0.15, 0.2) is 10.8 Å². The van der Waals surface area contributed by atoms with Crippen molar-refractivity contribution in [2.75, 3.05) is 0 Å². The van der Waals surface area contributed by atoms with E-state index in [9.17, 15) is 4.79 Å². The minimum absolute atomic E-state index is 0.0720. The van der Waals surface area contributed by atoms with Gasteiger partial charge in [-0.1, -0.05) is 6.08 Å². The number of thiazole rings is 1. The van der Waals surface area contributed by atoms with Gasteiger partial charge in [0.25, 0.3) is 0 Å². The Balaban J connectivity index is 2.46. The Morgan fingerprint density at radius 1 is 1.67 bits per heavy atom. The molecule has 0 radical (unpaired) electrons. The van der Waals surface area contributed by atoms with Crippen LogP contribution in [0.2, 0.25) is 0 Å². The lowest BCUT2D eigenvalue weighted by molar-refractivity contribution is 0.101. The van der Waals surface area contributed by atoms with E-state index in [0.29, 0.717) is 5.01 Å². The highest BCUT2D eigenvalue weighted by atomic mass is 32.1. The van der Waals surface area contributed by atoms with Crippen LogP contribution in [0.1, 0.15) is 33.7 Å². The van der Waals surface area contributed by atoms with Gasteiger partial charge in [-0.2, -0.15) is 0 Å². The molecule has 0 atom stereocenters. The maximum atomic E-state index is 11.0. The first-order valence-corrected chi connectivity index (χ1v) is 4.76. The summed E-state index contributed by atoms with van der Waals surface area (Å²) in [5.74, 6) is 0.0720. The lowest BCUT2D eigenvalue weighted by Gasteiger charge is -1.99. The first kappa shape index (κ1) is 7.68. The van der Waals surface area contributed by atoms with Crippen LogP contribution >= 0.6 is 11.3 Å². The van der Waals surface area contributed by atoms with Gasteiger partial charge in [0.05, 0.1) is 5.69 Å². The van der Waals surface area contributed by atoms with E-state index in [1.807, 2.05) is 6.08 Å². The minimum atomic E-state index is 0.0720. The van der Waals surface area contributed by atoms with Crippen LogP contribution in [0.15, 0.2) is 6.08 Å². The zero-order valence-corrected chi connectivity index (χ0v) is 7.65. The van der Waals surface area contributed by atoms with Crippen LogP contribution in [-0.4, -0.2) is 10.8 Å². The highest BCUT2D eigenvalue weighted by Crippen LogP contribution is 2.25. The summed E-state index contributed by atoms with van der Waals surface area (Å²) in [6, 6.07) is 0. The second-order valence-corrected chi connectivity index (χ2v) is 3.91. The van der Waals surface area contributed by atoms with E-state index in [2.05, 4.69) is 11.1 Å². The van der Waals surface area contributed by atoms with Crippen molar-refractivity contribution in [1.82, 2.24) is 4.98 Å². The summed E-state index contributed by atoms with van der Waals surface area (Å²) in [6.45, 7) is 1.56. The van der Waals surface area contributed by atoms with E-state index in [1.54, 1.807) is 6.92 Å². The number of ketones is 1. The third kappa shape index (κ3) is 1.20. The third-order valence-corrected chi connectivity index (χ3v) is 3.07. The topological polar surface area (TPSA) is 30.0 Å². The lowest BCUT2D eigenvalue weighted by atomic mass is 10.1. The molecule has 3 heteroatoms. The molecule has 0 saturated heterocycles. The van der Waals surface area contributed by atoms with Crippen LogP contribution in [0, 0.1) is 0 Å². The fourth-order valence-electron chi connectivity index (χ4n) is 1.23. The van der Waals surface area contributed by atoms with Crippen molar-refractivity contribution >= 4 is 23.2 Å². The lowest BCUT2D eigenvalue weighted by Crippen LogP contribution is -1.90. The average molecular weight is 179 g/mol. The Labute approximate surface area is 74.9 Å². The van der Waals surface area contributed by atoms with Crippen molar-refractivity contribution in [3.05, 3.63) is 21.7 Å². The number of aromatic nitrogens is 1. The van der Waals surface area contributed by atoms with Crippen molar-refractivity contribution in [3.63, 3.8) is 0 Å². The summed E-state index contributed by atoms with van der Waals surface area (Å²) in [4.78, 5) is 16.5. The maximum absolute atomic E-state index is 11.0. The minimum Gasteiger partial charge on any atom is -0.292 e. The molecule has 0 spiro atoms. The van der Waals surface area contributed by atoms with Gasteiger partial charge in [-0.3, -0.25) is 4.79 Å². The standard InChI is InChI=1S/C9H9NOS/c1-6(11)9-10-7-4-2-3-5-8(7)12-9/h2,4H,3,5H2,1H3. The number of fused-ring (bicyclic) bond motifs is 1. The molecule has 12 heavy (non-hydrogen) atoms. The summed E-state index contributed by atoms with van der Waals surface area (Å²) >= 11 is 1.53. The first-order valence-electron chi connectivity index (χ1n) is 3.94. The van der Waals surface area contributed by atoms with E-state index in [0.717, 1.165) is 18.5 Å². The summed E-state index contributed by atoms with van der Waals surface area (Å²) in [6.07, 6.45) is 6.22. The zero-order chi connectivity index (χ0) is 8.55. The Morgan fingerprint density at radius 3 is 3.17 bits per heavy atom. The van der Waals surface area contributed by atoms with Crippen molar-refractivity contribution in [1.29, 1.82) is 0 Å². The molecule has 0 saturated carbocycles. The molecule has 1 aliphatic rings. The number of hydrogen-bond donors (Lipinski definition) is 0. The molecule has 1 aromatic heterocycles. The number of hydrogen-bond acceptors (Lipinski definition) is 3. The largest absolute Gasteiger partial charge is 0.292 e. The number of rotatable bonds is 1. The Morgan fingerprint density at radius 2 is 2.50 bits per heavy atom. The van der Waals surface area contributed by atoms with Gasteiger partial charge in [0, 0.05) is 11.8 Å². The maximum Gasteiger partial charge on any atom is 0.188 e. The van der Waals surface area contributed by atoms with E-state index in [4.69, 9.17) is 0 Å². The molecule has 1 heterocycles. The Hall–Kier alpha value is -0.960. The molecule has 0 fully saturated rings. The summed E-state index contributed by atoms with van der Waals surface area (Å²) in [5.41, 5.74) is 0.997. The van der Waals surface area contributed by atoms with Crippen molar-refractivity contribution in [2.24, 2.45) is 0 Å². The van der Waals surface area contributed by atoms with Crippen LogP contribution in [0.3, 0.4) is 0 Å². The van der Waals surface area contributed by atoms with Gasteiger partial charge in [-0.25, -0.2) is 4.98 Å². The number of carbonyl (C=O) groups is 1. The van der Waals surface area contributed by atoms with Crippen molar-refractivity contribution in [3.8, 4) is 0 Å². The van der Waals surface area contributed by atoms with Gasteiger partial charge in [0.1, 0.15) is 0 Å². The number of nitrogens with zero attached hydrogens (tertiary/aromatic N) is 1. The fourth-order valence-corrected chi connectivity index (χ4v) is 2.19. The van der Waals surface area contributed by atoms with E-state index in [1.165, 1.54) is 16.2 Å². The second kappa shape index (κ2) is 2.83. The summed E-state index contributed by atoms with van der Waals surface area (Å²) < 4.78 is 0. The Kier molecular flexibility index (Phi) is 1.81. The summed E-state index contributed by atoms with van der Waals surface area (Å²) in [5, 5.41) is 0.645. The molecular weight excluding hydrogens is 170 g/mol. The number of carbonyl (C=O) groups excluding carboxylic acids is 1. The fraction of sp³-hybridized carbons (Fsp3) is 0.333. The molecule has 2 nitrogen and oxygen atoms in total. The monoisotopic (exact) mass is 179 g/mol. The van der Waals surface area contributed by atoms with Crippen LogP contribution < -0.4 is 0 Å². The number of Topliss-reactive ketones (excluding diaryl/α,β-unsaturated/α-hetero) is 1. The predicted molar refractivity (Wildman–Crippen MR) is 49.5 cm³/mol. The molecule has 0 amide bonds. The molecule has 2 rings (SSSR count). The molecule has 0 bridgehead atoms. The predicted octanol–water partition coefficient (Wildman–Crippen LogP) is 2.31. The highest BCUT2D eigenvalue weighted by molar-refractivity contribution is 7.13. The smallest absolute Gasteiger partial charge is 0.188 e. The molecule has 0 N–H and O–H groups in total. The van der Waals surface area contributed by atoms with Gasteiger partial charge in [0.2, 0.25) is 0 Å². The molecular formula is C9H9NOS. The van der Waals surface area contributed by atoms with Gasteiger partial charge >= 0.3 is 0 Å². The molecule has 1 aromatic rings. The van der Waals surface area contributed by atoms with Gasteiger partial charge in [-0.05, 0) is 18.9 Å². The Bertz CT molecular complexity index is 351. The van der Waals surface area contributed by atoms with Crippen LogP contribution in [0.5, 0.6) is 0 Å². The van der Waals surface area contributed by atoms with Crippen LogP contribution in [0.4, 0.5) is 0 Å². The SMILES string of the molecule is CC(=O)c1nc2c(s1)CCC=C2.